The molecule has 1 heterocycles. The van der Waals surface area contributed by atoms with E-state index in [0.29, 0.717) is 19.6 Å². The van der Waals surface area contributed by atoms with Crippen molar-refractivity contribution < 1.29 is 13.2 Å². The molecule has 1 N–H and O–H groups in total. The summed E-state index contributed by atoms with van der Waals surface area (Å²) in [5.74, 6) is 0.130. The lowest BCUT2D eigenvalue weighted by atomic mass is 10.1. The molecule has 27 heavy (non-hydrogen) atoms. The van der Waals surface area contributed by atoms with E-state index in [-0.39, 0.29) is 11.9 Å². The smallest absolute Gasteiger partial charge is 0.211 e. The molecule has 0 spiro atoms. The van der Waals surface area contributed by atoms with Gasteiger partial charge in [0.05, 0.1) is 18.5 Å². The summed E-state index contributed by atoms with van der Waals surface area (Å²) in [6.45, 7) is 3.80. The molecule has 1 aliphatic heterocycles. The second-order valence-electron chi connectivity index (χ2n) is 6.87. The fourth-order valence-electron chi connectivity index (χ4n) is 3.27. The van der Waals surface area contributed by atoms with Gasteiger partial charge in [0.25, 0.3) is 0 Å². The van der Waals surface area contributed by atoms with E-state index in [9.17, 15) is 8.42 Å². The molecule has 0 aliphatic carbocycles. The summed E-state index contributed by atoms with van der Waals surface area (Å²) in [5, 5.41) is 0. The van der Waals surface area contributed by atoms with Gasteiger partial charge in [-0.25, -0.2) is 13.1 Å². The Hall–Kier alpha value is -1.73. The highest BCUT2D eigenvalue weighted by molar-refractivity contribution is 7.89. The van der Waals surface area contributed by atoms with Crippen molar-refractivity contribution in [3.05, 3.63) is 71.8 Å². The third-order valence-corrected chi connectivity index (χ3v) is 6.18. The maximum absolute atomic E-state index is 12.1. The average molecular weight is 389 g/mol. The third-order valence-electron chi connectivity index (χ3n) is 4.80. The van der Waals surface area contributed by atoms with Crippen LogP contribution < -0.4 is 4.72 Å². The second-order valence-corrected chi connectivity index (χ2v) is 8.80. The summed E-state index contributed by atoms with van der Waals surface area (Å²) in [7, 11) is -3.23. The minimum Gasteiger partial charge on any atom is -0.371 e. The zero-order valence-electron chi connectivity index (χ0n) is 15.6. The largest absolute Gasteiger partial charge is 0.371 e. The van der Waals surface area contributed by atoms with Crippen molar-refractivity contribution in [1.29, 1.82) is 0 Å². The van der Waals surface area contributed by atoms with Crippen LogP contribution in [0.1, 0.15) is 23.7 Å². The normalized spacial score (nSPS) is 18.4. The number of sulfonamides is 1. The van der Waals surface area contributed by atoms with Crippen LogP contribution in [0.3, 0.4) is 0 Å². The summed E-state index contributed by atoms with van der Waals surface area (Å²) in [6, 6.07) is 20.0. The fraction of sp³-hybridized carbons (Fsp3) is 0.429. The van der Waals surface area contributed by atoms with Crippen LogP contribution in [-0.4, -0.2) is 51.9 Å². The summed E-state index contributed by atoms with van der Waals surface area (Å²) in [6.07, 6.45) is 1.44. The summed E-state index contributed by atoms with van der Waals surface area (Å²) < 4.78 is 32.9. The molecule has 0 unspecified atom stereocenters. The average Bonchev–Trinajstić information content (AvgIpc) is 2.72. The van der Waals surface area contributed by atoms with Gasteiger partial charge in [0.2, 0.25) is 10.0 Å². The van der Waals surface area contributed by atoms with Crippen molar-refractivity contribution in [3.63, 3.8) is 0 Å². The Morgan fingerprint density at radius 1 is 1.04 bits per heavy atom. The highest BCUT2D eigenvalue weighted by atomic mass is 32.2. The van der Waals surface area contributed by atoms with E-state index in [0.717, 1.165) is 31.6 Å². The molecule has 2 aromatic carbocycles. The number of hydrogen-bond donors (Lipinski definition) is 1. The molecule has 5 nitrogen and oxygen atoms in total. The van der Waals surface area contributed by atoms with E-state index in [1.807, 2.05) is 48.5 Å². The van der Waals surface area contributed by atoms with Gasteiger partial charge in [-0.1, -0.05) is 60.7 Å². The number of nitrogens with zero attached hydrogens (tertiary/aromatic N) is 1. The van der Waals surface area contributed by atoms with Gasteiger partial charge >= 0.3 is 0 Å². The first-order chi connectivity index (χ1) is 13.1. The molecule has 1 atom stereocenters. The predicted molar refractivity (Wildman–Crippen MR) is 108 cm³/mol. The van der Waals surface area contributed by atoms with Crippen molar-refractivity contribution in [2.45, 2.75) is 18.9 Å². The molecule has 146 valence electrons. The molecule has 0 amide bonds. The Morgan fingerprint density at radius 3 is 2.48 bits per heavy atom. The van der Waals surface area contributed by atoms with Gasteiger partial charge in [-0.2, -0.15) is 0 Å². The maximum Gasteiger partial charge on any atom is 0.211 e. The first kappa shape index (κ1) is 20.0. The lowest BCUT2D eigenvalue weighted by Gasteiger charge is -2.33. The zero-order valence-corrected chi connectivity index (χ0v) is 16.4. The number of benzene rings is 2. The molecule has 6 heteroatoms. The molecule has 0 radical (unpaired) electrons. The first-order valence-electron chi connectivity index (χ1n) is 9.52. The highest BCUT2D eigenvalue weighted by Gasteiger charge is 2.21. The quantitative estimate of drug-likeness (QED) is 0.671. The fourth-order valence-corrected chi connectivity index (χ4v) is 4.38. The monoisotopic (exact) mass is 388 g/mol. The van der Waals surface area contributed by atoms with Crippen LogP contribution in [0.25, 0.3) is 0 Å². The summed E-state index contributed by atoms with van der Waals surface area (Å²) in [4.78, 5) is 2.35. The molecule has 2 aromatic rings. The lowest BCUT2D eigenvalue weighted by molar-refractivity contribution is -0.0300. The Labute approximate surface area is 162 Å². The van der Waals surface area contributed by atoms with Crippen LogP contribution in [0.4, 0.5) is 0 Å². The zero-order chi connectivity index (χ0) is 19.0. The molecular weight excluding hydrogens is 360 g/mol. The number of nitrogens with one attached hydrogen (secondary N) is 1. The summed E-state index contributed by atoms with van der Waals surface area (Å²) in [5.41, 5.74) is 2.24. The van der Waals surface area contributed by atoms with Gasteiger partial charge in [0.1, 0.15) is 0 Å². The lowest BCUT2D eigenvalue weighted by Crippen LogP contribution is -2.40. The van der Waals surface area contributed by atoms with Crippen molar-refractivity contribution in [2.24, 2.45) is 0 Å². The van der Waals surface area contributed by atoms with Crippen LogP contribution in [0.15, 0.2) is 60.7 Å². The van der Waals surface area contributed by atoms with E-state index >= 15 is 0 Å². The number of aryl methyl sites for hydroxylation is 1. The molecule has 0 aromatic heterocycles. The number of ether oxygens (including phenoxy) is 1. The molecule has 1 aliphatic rings. The van der Waals surface area contributed by atoms with E-state index < -0.39 is 10.0 Å². The predicted octanol–water partition coefficient (Wildman–Crippen LogP) is 2.61. The van der Waals surface area contributed by atoms with Crippen LogP contribution in [0.2, 0.25) is 0 Å². The van der Waals surface area contributed by atoms with Gasteiger partial charge in [0, 0.05) is 19.6 Å². The van der Waals surface area contributed by atoms with Crippen molar-refractivity contribution >= 4 is 10.0 Å². The third kappa shape index (κ3) is 6.74. The number of hydrogen-bond acceptors (Lipinski definition) is 4. The van der Waals surface area contributed by atoms with Gasteiger partial charge in [0.15, 0.2) is 0 Å². The van der Waals surface area contributed by atoms with Crippen LogP contribution in [0, 0.1) is 0 Å². The minimum atomic E-state index is -3.23. The topological polar surface area (TPSA) is 58.6 Å². The number of morpholine rings is 1. The molecule has 3 rings (SSSR count). The Bertz CT molecular complexity index is 782. The van der Waals surface area contributed by atoms with E-state index in [1.54, 1.807) is 0 Å². The van der Waals surface area contributed by atoms with Gasteiger partial charge in [-0.15, -0.1) is 0 Å². The van der Waals surface area contributed by atoms with Crippen molar-refractivity contribution in [2.75, 3.05) is 38.5 Å². The highest BCUT2D eigenvalue weighted by Crippen LogP contribution is 2.21. The molecular formula is C21H28N2O3S. The SMILES string of the molecule is O=S(=O)(CCc1ccccc1)NCCCN1CCO[C@H](c2ccccc2)C1. The van der Waals surface area contributed by atoms with E-state index in [2.05, 4.69) is 21.8 Å². The molecule has 1 fully saturated rings. The number of rotatable bonds is 9. The molecule has 1 saturated heterocycles. The second kappa shape index (κ2) is 9.99. The van der Waals surface area contributed by atoms with Crippen molar-refractivity contribution in [3.8, 4) is 0 Å². The van der Waals surface area contributed by atoms with Crippen LogP contribution >= 0.6 is 0 Å². The Kier molecular flexibility index (Phi) is 7.41. The first-order valence-corrected chi connectivity index (χ1v) is 11.2. The van der Waals surface area contributed by atoms with Crippen LogP contribution in [0.5, 0.6) is 0 Å². The summed E-state index contributed by atoms with van der Waals surface area (Å²) >= 11 is 0. The molecule has 0 saturated carbocycles. The van der Waals surface area contributed by atoms with Gasteiger partial charge in [-0.05, 0) is 30.5 Å². The standard InChI is InChI=1S/C21H28N2O3S/c24-27(25,17-12-19-8-3-1-4-9-19)22-13-7-14-23-15-16-26-21(18-23)20-10-5-2-6-11-20/h1-6,8-11,21-22H,7,12-18H2/t21-/m0/s1. The van der Waals surface area contributed by atoms with Gasteiger partial charge < -0.3 is 4.74 Å². The Morgan fingerprint density at radius 2 is 1.74 bits per heavy atom. The van der Waals surface area contributed by atoms with Crippen LogP contribution in [-0.2, 0) is 21.2 Å². The minimum absolute atomic E-state index is 0.0996. The maximum atomic E-state index is 12.1. The van der Waals surface area contributed by atoms with Crippen molar-refractivity contribution in [1.82, 2.24) is 9.62 Å². The molecule has 0 bridgehead atoms. The van der Waals surface area contributed by atoms with E-state index in [4.69, 9.17) is 4.74 Å². The van der Waals surface area contributed by atoms with E-state index in [1.165, 1.54) is 5.56 Å². The Balaban J connectivity index is 1.36. The van der Waals surface area contributed by atoms with Gasteiger partial charge in [-0.3, -0.25) is 4.90 Å².